The molecule has 1 aromatic heterocycles. The Bertz CT molecular complexity index is 817. The predicted molar refractivity (Wildman–Crippen MR) is 113 cm³/mol. The Labute approximate surface area is 172 Å². The third kappa shape index (κ3) is 5.87. The second-order valence-corrected chi connectivity index (χ2v) is 8.85. The molecule has 1 aliphatic heterocycles. The van der Waals surface area contributed by atoms with E-state index in [4.69, 9.17) is 0 Å². The van der Waals surface area contributed by atoms with E-state index in [9.17, 15) is 9.18 Å². The molecule has 2 aromatic rings. The van der Waals surface area contributed by atoms with Gasteiger partial charge in [0.1, 0.15) is 11.5 Å². The largest absolute Gasteiger partial charge is 0.349 e. The Balaban J connectivity index is 1.68. The number of rotatable bonds is 6. The summed E-state index contributed by atoms with van der Waals surface area (Å²) < 4.78 is 14.9. The van der Waals surface area contributed by atoms with Crippen LogP contribution in [0.4, 0.5) is 4.39 Å². The van der Waals surface area contributed by atoms with Gasteiger partial charge >= 0.3 is 0 Å². The number of nitrogens with zero attached hydrogens (tertiary/aromatic N) is 4. The number of aromatic nitrogens is 2. The first-order chi connectivity index (χ1) is 13.7. The third-order valence-electron chi connectivity index (χ3n) is 5.34. The molecule has 1 aliphatic rings. The van der Waals surface area contributed by atoms with Crippen LogP contribution in [0, 0.1) is 5.82 Å². The summed E-state index contributed by atoms with van der Waals surface area (Å²) in [5.74, 6) is -0.393. The average Bonchev–Trinajstić information content (AvgIpc) is 3.09. The molecular formula is C22H32FN5O. The van der Waals surface area contributed by atoms with Crippen molar-refractivity contribution in [1.82, 2.24) is 24.9 Å². The number of halogens is 1. The minimum absolute atomic E-state index is 0.121. The van der Waals surface area contributed by atoms with E-state index in [1.807, 2.05) is 6.07 Å². The van der Waals surface area contributed by atoms with Gasteiger partial charge < -0.3 is 10.2 Å². The first-order valence-electron chi connectivity index (χ1n) is 10.2. The van der Waals surface area contributed by atoms with Crippen molar-refractivity contribution in [3.8, 4) is 0 Å². The standard InChI is InChI=1S/C22H32FN5O/c1-22(2,3)20-15-19(28(25-20)16-17-5-7-18(23)8-6-17)21(29)24-9-10-27-13-11-26(4)12-14-27/h5-8,15H,9-14,16H2,1-4H3,(H,24,29). The Hall–Kier alpha value is -2.25. The number of hydrogen-bond donors (Lipinski definition) is 1. The number of likely N-dealkylation sites (N-methyl/N-ethyl adjacent to an activating group) is 1. The van der Waals surface area contributed by atoms with E-state index in [0.717, 1.165) is 44.0 Å². The van der Waals surface area contributed by atoms with Crippen molar-refractivity contribution in [3.63, 3.8) is 0 Å². The number of piperazine rings is 1. The Morgan fingerprint density at radius 3 is 2.41 bits per heavy atom. The van der Waals surface area contributed by atoms with E-state index in [0.29, 0.717) is 18.8 Å². The molecule has 0 spiro atoms. The second kappa shape index (κ2) is 9.05. The SMILES string of the molecule is CN1CCN(CCNC(=O)c2cc(C(C)(C)C)nn2Cc2ccc(F)cc2)CC1. The smallest absolute Gasteiger partial charge is 0.269 e. The summed E-state index contributed by atoms with van der Waals surface area (Å²) in [6.07, 6.45) is 0. The highest BCUT2D eigenvalue weighted by Crippen LogP contribution is 2.22. The summed E-state index contributed by atoms with van der Waals surface area (Å²) in [4.78, 5) is 17.6. The third-order valence-corrected chi connectivity index (χ3v) is 5.34. The van der Waals surface area contributed by atoms with Crippen LogP contribution in [0.2, 0.25) is 0 Å². The first-order valence-corrected chi connectivity index (χ1v) is 10.2. The lowest BCUT2D eigenvalue weighted by Crippen LogP contribution is -2.47. The summed E-state index contributed by atoms with van der Waals surface area (Å²) in [6.45, 7) is 12.3. The van der Waals surface area contributed by atoms with Crippen molar-refractivity contribution in [2.75, 3.05) is 46.3 Å². The van der Waals surface area contributed by atoms with Gasteiger partial charge in [-0.2, -0.15) is 5.10 Å². The van der Waals surface area contributed by atoms with Gasteiger partial charge in [0.05, 0.1) is 12.2 Å². The quantitative estimate of drug-likeness (QED) is 0.807. The molecule has 0 radical (unpaired) electrons. The lowest BCUT2D eigenvalue weighted by molar-refractivity contribution is 0.0931. The first kappa shape index (κ1) is 21.5. The fourth-order valence-corrected chi connectivity index (χ4v) is 3.34. The molecule has 3 rings (SSSR count). The molecule has 0 saturated carbocycles. The lowest BCUT2D eigenvalue weighted by Gasteiger charge is -2.32. The van der Waals surface area contributed by atoms with Gasteiger partial charge in [-0.25, -0.2) is 4.39 Å². The van der Waals surface area contributed by atoms with Crippen molar-refractivity contribution in [2.24, 2.45) is 0 Å². The zero-order valence-corrected chi connectivity index (χ0v) is 17.9. The maximum atomic E-state index is 13.2. The van der Waals surface area contributed by atoms with Crippen molar-refractivity contribution < 1.29 is 9.18 Å². The van der Waals surface area contributed by atoms with Crippen LogP contribution in [0.25, 0.3) is 0 Å². The number of nitrogens with one attached hydrogen (secondary N) is 1. The Morgan fingerprint density at radius 1 is 1.14 bits per heavy atom. The molecule has 1 saturated heterocycles. The summed E-state index contributed by atoms with van der Waals surface area (Å²) in [5.41, 5.74) is 2.14. The van der Waals surface area contributed by atoms with Crippen LogP contribution in [0.15, 0.2) is 30.3 Å². The van der Waals surface area contributed by atoms with Crippen LogP contribution in [-0.4, -0.2) is 71.8 Å². The van der Waals surface area contributed by atoms with E-state index in [2.05, 4.69) is 48.0 Å². The monoisotopic (exact) mass is 401 g/mol. The predicted octanol–water partition coefficient (Wildman–Crippen LogP) is 2.35. The molecule has 0 bridgehead atoms. The van der Waals surface area contributed by atoms with Crippen LogP contribution in [0.3, 0.4) is 0 Å². The normalized spacial score (nSPS) is 16.2. The van der Waals surface area contributed by atoms with Crippen LogP contribution in [0.1, 0.15) is 42.5 Å². The van der Waals surface area contributed by atoms with Gasteiger partial charge in [-0.1, -0.05) is 32.9 Å². The van der Waals surface area contributed by atoms with Gasteiger partial charge in [-0.05, 0) is 30.8 Å². The molecule has 7 heteroatoms. The molecule has 0 aliphatic carbocycles. The molecule has 29 heavy (non-hydrogen) atoms. The number of hydrogen-bond acceptors (Lipinski definition) is 4. The maximum Gasteiger partial charge on any atom is 0.269 e. The second-order valence-electron chi connectivity index (χ2n) is 8.85. The summed E-state index contributed by atoms with van der Waals surface area (Å²) in [5, 5.41) is 7.72. The molecule has 0 atom stereocenters. The molecule has 0 unspecified atom stereocenters. The number of carbonyl (C=O) groups is 1. The zero-order chi connectivity index (χ0) is 21.0. The van der Waals surface area contributed by atoms with Gasteiger partial charge in [0, 0.05) is 44.7 Å². The number of carbonyl (C=O) groups excluding carboxylic acids is 1. The van der Waals surface area contributed by atoms with Crippen molar-refractivity contribution >= 4 is 5.91 Å². The molecule has 1 aromatic carbocycles. The van der Waals surface area contributed by atoms with E-state index >= 15 is 0 Å². The van der Waals surface area contributed by atoms with Crippen molar-refractivity contribution in [3.05, 3.63) is 53.1 Å². The van der Waals surface area contributed by atoms with Gasteiger partial charge in [-0.15, -0.1) is 0 Å². The molecular weight excluding hydrogens is 369 g/mol. The molecule has 1 fully saturated rings. The average molecular weight is 402 g/mol. The summed E-state index contributed by atoms with van der Waals surface area (Å²) in [7, 11) is 2.13. The van der Waals surface area contributed by atoms with Crippen LogP contribution < -0.4 is 5.32 Å². The van der Waals surface area contributed by atoms with E-state index in [1.165, 1.54) is 12.1 Å². The molecule has 158 valence electrons. The zero-order valence-electron chi connectivity index (χ0n) is 17.9. The summed E-state index contributed by atoms with van der Waals surface area (Å²) in [6, 6.07) is 8.18. The topological polar surface area (TPSA) is 53.4 Å². The highest BCUT2D eigenvalue weighted by molar-refractivity contribution is 5.92. The Morgan fingerprint density at radius 2 is 1.79 bits per heavy atom. The van der Waals surface area contributed by atoms with Crippen LogP contribution >= 0.6 is 0 Å². The summed E-state index contributed by atoms with van der Waals surface area (Å²) >= 11 is 0. The molecule has 2 heterocycles. The highest BCUT2D eigenvalue weighted by atomic mass is 19.1. The Kier molecular flexibility index (Phi) is 6.70. The number of benzene rings is 1. The maximum absolute atomic E-state index is 13.2. The van der Waals surface area contributed by atoms with E-state index < -0.39 is 0 Å². The minimum Gasteiger partial charge on any atom is -0.349 e. The van der Waals surface area contributed by atoms with Gasteiger partial charge in [-0.3, -0.25) is 14.4 Å². The lowest BCUT2D eigenvalue weighted by atomic mass is 9.92. The van der Waals surface area contributed by atoms with Gasteiger partial charge in [0.2, 0.25) is 0 Å². The van der Waals surface area contributed by atoms with E-state index in [-0.39, 0.29) is 17.1 Å². The number of amides is 1. The fourth-order valence-electron chi connectivity index (χ4n) is 3.34. The molecule has 1 amide bonds. The molecule has 6 nitrogen and oxygen atoms in total. The van der Waals surface area contributed by atoms with Gasteiger partial charge in [0.15, 0.2) is 0 Å². The van der Waals surface area contributed by atoms with Gasteiger partial charge in [0.25, 0.3) is 5.91 Å². The molecule has 1 N–H and O–H groups in total. The minimum atomic E-state index is -0.272. The van der Waals surface area contributed by atoms with Crippen molar-refractivity contribution in [1.29, 1.82) is 0 Å². The fraction of sp³-hybridized carbons (Fsp3) is 0.545. The van der Waals surface area contributed by atoms with Crippen LogP contribution in [-0.2, 0) is 12.0 Å². The highest BCUT2D eigenvalue weighted by Gasteiger charge is 2.23. The van der Waals surface area contributed by atoms with Crippen LogP contribution in [0.5, 0.6) is 0 Å². The van der Waals surface area contributed by atoms with Crippen molar-refractivity contribution in [2.45, 2.75) is 32.7 Å². The van der Waals surface area contributed by atoms with E-state index in [1.54, 1.807) is 16.8 Å².